The van der Waals surface area contributed by atoms with Crippen molar-refractivity contribution in [3.8, 4) is 22.1 Å². The number of thiophene rings is 1. The third-order valence-electron chi connectivity index (χ3n) is 3.23. The molecule has 1 N–H and O–H groups in total. The number of amides is 1. The summed E-state index contributed by atoms with van der Waals surface area (Å²) in [4.78, 5) is 13.2. The Morgan fingerprint density at radius 3 is 2.71 bits per heavy atom. The fourth-order valence-corrected chi connectivity index (χ4v) is 2.73. The van der Waals surface area contributed by atoms with E-state index in [1.807, 2.05) is 23.6 Å². The molecule has 1 atom stereocenters. The van der Waals surface area contributed by atoms with E-state index in [1.54, 1.807) is 32.2 Å². The van der Waals surface area contributed by atoms with E-state index in [0.29, 0.717) is 17.2 Å². The Kier molecular flexibility index (Phi) is 4.76. The van der Waals surface area contributed by atoms with Gasteiger partial charge in [-0.1, -0.05) is 18.2 Å². The molecule has 0 aliphatic carbocycles. The van der Waals surface area contributed by atoms with Crippen LogP contribution in [-0.4, -0.2) is 29.4 Å². The molecule has 7 nitrogen and oxygen atoms in total. The number of benzene rings is 1. The number of ether oxygens (including phenoxy) is 2. The summed E-state index contributed by atoms with van der Waals surface area (Å²) in [5.41, 5.74) is 0.489. The molecule has 0 saturated heterocycles. The summed E-state index contributed by atoms with van der Waals surface area (Å²) in [7, 11) is 1.54. The van der Waals surface area contributed by atoms with Gasteiger partial charge in [0.05, 0.1) is 12.0 Å². The molecule has 0 aliphatic rings. The van der Waals surface area contributed by atoms with Crippen LogP contribution < -0.4 is 14.8 Å². The standard InChI is InChI=1S/C16H15N3O4S/c1-10(22-12-7-4-3-6-11(12)21-2)16(20)17-15-14(18-23-19-15)13-8-5-9-24-13/h3-10H,1-2H3,(H,17,19,20)/t10-/m0/s1. The minimum Gasteiger partial charge on any atom is -0.493 e. The molecule has 0 aliphatic heterocycles. The van der Waals surface area contributed by atoms with E-state index in [0.717, 1.165) is 4.88 Å². The Labute approximate surface area is 142 Å². The van der Waals surface area contributed by atoms with Crippen molar-refractivity contribution < 1.29 is 18.9 Å². The smallest absolute Gasteiger partial charge is 0.266 e. The predicted octanol–water partition coefficient (Wildman–Crippen LogP) is 3.21. The highest BCUT2D eigenvalue weighted by Gasteiger charge is 2.21. The second-order valence-electron chi connectivity index (χ2n) is 4.84. The second kappa shape index (κ2) is 7.14. The number of rotatable bonds is 6. The number of nitrogens with one attached hydrogen (secondary N) is 1. The van der Waals surface area contributed by atoms with E-state index in [9.17, 15) is 4.79 Å². The highest BCUT2D eigenvalue weighted by molar-refractivity contribution is 7.13. The van der Waals surface area contributed by atoms with Crippen LogP contribution >= 0.6 is 11.3 Å². The Balaban J connectivity index is 1.70. The number of hydrogen-bond acceptors (Lipinski definition) is 7. The van der Waals surface area contributed by atoms with Crippen molar-refractivity contribution in [1.29, 1.82) is 0 Å². The van der Waals surface area contributed by atoms with Crippen LogP contribution in [0.5, 0.6) is 11.5 Å². The third-order valence-corrected chi connectivity index (χ3v) is 4.10. The maximum atomic E-state index is 12.4. The first kappa shape index (κ1) is 16.0. The van der Waals surface area contributed by atoms with Crippen molar-refractivity contribution >= 4 is 23.1 Å². The molecule has 3 rings (SSSR count). The van der Waals surface area contributed by atoms with E-state index in [-0.39, 0.29) is 11.7 Å². The Hall–Kier alpha value is -2.87. The summed E-state index contributed by atoms with van der Waals surface area (Å²) in [6.07, 6.45) is -0.755. The first-order chi connectivity index (χ1) is 11.7. The SMILES string of the molecule is COc1ccccc1O[C@@H](C)C(=O)Nc1nonc1-c1cccs1. The lowest BCUT2D eigenvalue weighted by Gasteiger charge is -2.15. The quantitative estimate of drug-likeness (QED) is 0.738. The topological polar surface area (TPSA) is 86.5 Å². The van der Waals surface area contributed by atoms with Crippen molar-refractivity contribution in [2.75, 3.05) is 12.4 Å². The summed E-state index contributed by atoms with van der Waals surface area (Å²) in [5.74, 6) is 0.936. The largest absolute Gasteiger partial charge is 0.493 e. The second-order valence-corrected chi connectivity index (χ2v) is 5.79. The van der Waals surface area contributed by atoms with Crippen molar-refractivity contribution in [2.45, 2.75) is 13.0 Å². The number of methoxy groups -OCH3 is 1. The molecule has 0 fully saturated rings. The zero-order valence-corrected chi connectivity index (χ0v) is 13.9. The summed E-state index contributed by atoms with van der Waals surface area (Å²) >= 11 is 1.48. The summed E-state index contributed by atoms with van der Waals surface area (Å²) < 4.78 is 15.6. The Morgan fingerprint density at radius 1 is 1.21 bits per heavy atom. The first-order valence-corrected chi connectivity index (χ1v) is 8.04. The normalized spacial score (nSPS) is 11.8. The monoisotopic (exact) mass is 345 g/mol. The molecule has 24 heavy (non-hydrogen) atoms. The van der Waals surface area contributed by atoms with Crippen LogP contribution in [0.4, 0.5) is 5.82 Å². The highest BCUT2D eigenvalue weighted by atomic mass is 32.1. The minimum absolute atomic E-state index is 0.262. The van der Waals surface area contributed by atoms with Gasteiger partial charge in [0.2, 0.25) is 5.82 Å². The van der Waals surface area contributed by atoms with Gasteiger partial charge in [0.1, 0.15) is 0 Å². The molecular formula is C16H15N3O4S. The number of carbonyl (C=O) groups excluding carboxylic acids is 1. The van der Waals surface area contributed by atoms with Crippen LogP contribution in [0.2, 0.25) is 0 Å². The van der Waals surface area contributed by atoms with Gasteiger partial charge < -0.3 is 14.8 Å². The lowest BCUT2D eigenvalue weighted by Crippen LogP contribution is -2.30. The van der Waals surface area contributed by atoms with Gasteiger partial charge in [0.15, 0.2) is 23.3 Å². The molecule has 2 aromatic heterocycles. The molecule has 124 valence electrons. The minimum atomic E-state index is -0.755. The highest BCUT2D eigenvalue weighted by Crippen LogP contribution is 2.29. The molecule has 0 saturated carbocycles. The van der Waals surface area contributed by atoms with Gasteiger partial charge >= 0.3 is 0 Å². The molecule has 1 amide bonds. The van der Waals surface area contributed by atoms with Gasteiger partial charge in [-0.3, -0.25) is 4.79 Å². The Bertz CT molecular complexity index is 816. The third kappa shape index (κ3) is 3.38. The van der Waals surface area contributed by atoms with Crippen molar-refractivity contribution in [2.24, 2.45) is 0 Å². The number of para-hydroxylation sites is 2. The zero-order chi connectivity index (χ0) is 16.9. The lowest BCUT2D eigenvalue weighted by atomic mass is 10.3. The number of aromatic nitrogens is 2. The van der Waals surface area contributed by atoms with E-state index >= 15 is 0 Å². The van der Waals surface area contributed by atoms with E-state index in [2.05, 4.69) is 15.6 Å². The molecule has 0 radical (unpaired) electrons. The van der Waals surface area contributed by atoms with Crippen LogP contribution in [0, 0.1) is 0 Å². The van der Waals surface area contributed by atoms with Crippen molar-refractivity contribution in [3.05, 3.63) is 41.8 Å². The maximum Gasteiger partial charge on any atom is 0.266 e. The fourth-order valence-electron chi connectivity index (χ4n) is 2.02. The summed E-state index contributed by atoms with van der Waals surface area (Å²) in [6, 6.07) is 10.9. The van der Waals surface area contributed by atoms with Crippen molar-refractivity contribution in [3.63, 3.8) is 0 Å². The van der Waals surface area contributed by atoms with Gasteiger partial charge in [-0.15, -0.1) is 11.3 Å². The van der Waals surface area contributed by atoms with Crippen LogP contribution in [0.15, 0.2) is 46.4 Å². The molecule has 1 aromatic carbocycles. The van der Waals surface area contributed by atoms with E-state index < -0.39 is 6.10 Å². The maximum absolute atomic E-state index is 12.4. The molecule has 8 heteroatoms. The van der Waals surface area contributed by atoms with Gasteiger partial charge in [-0.05, 0) is 40.8 Å². The molecular weight excluding hydrogens is 330 g/mol. The number of hydrogen-bond donors (Lipinski definition) is 1. The molecule has 0 spiro atoms. The first-order valence-electron chi connectivity index (χ1n) is 7.16. The average molecular weight is 345 g/mol. The number of carbonyl (C=O) groups is 1. The molecule has 0 unspecified atom stereocenters. The summed E-state index contributed by atoms with van der Waals surface area (Å²) in [6.45, 7) is 1.64. The predicted molar refractivity (Wildman–Crippen MR) is 89.3 cm³/mol. The lowest BCUT2D eigenvalue weighted by molar-refractivity contribution is -0.122. The van der Waals surface area contributed by atoms with Crippen molar-refractivity contribution in [1.82, 2.24) is 10.3 Å². The Morgan fingerprint density at radius 2 is 2.00 bits per heavy atom. The van der Waals surface area contributed by atoms with E-state index in [1.165, 1.54) is 11.3 Å². The van der Waals surface area contributed by atoms with Gasteiger partial charge in [-0.25, -0.2) is 4.63 Å². The summed E-state index contributed by atoms with van der Waals surface area (Å²) in [5, 5.41) is 12.2. The van der Waals surface area contributed by atoms with Gasteiger partial charge in [0, 0.05) is 0 Å². The average Bonchev–Trinajstić information content (AvgIpc) is 3.26. The van der Waals surface area contributed by atoms with Crippen LogP contribution in [-0.2, 0) is 4.79 Å². The number of anilines is 1. The molecule has 3 aromatic rings. The van der Waals surface area contributed by atoms with E-state index in [4.69, 9.17) is 14.1 Å². The fraction of sp³-hybridized carbons (Fsp3) is 0.188. The van der Waals surface area contributed by atoms with Gasteiger partial charge in [-0.2, -0.15) is 0 Å². The van der Waals surface area contributed by atoms with Crippen LogP contribution in [0.25, 0.3) is 10.6 Å². The molecule has 2 heterocycles. The van der Waals surface area contributed by atoms with Gasteiger partial charge in [0.25, 0.3) is 5.91 Å². The van der Waals surface area contributed by atoms with Crippen LogP contribution in [0.3, 0.4) is 0 Å². The van der Waals surface area contributed by atoms with Crippen LogP contribution in [0.1, 0.15) is 6.92 Å². The molecule has 0 bridgehead atoms. The number of nitrogens with zero attached hydrogens (tertiary/aromatic N) is 2. The zero-order valence-electron chi connectivity index (χ0n) is 13.1.